The van der Waals surface area contributed by atoms with E-state index in [1.54, 1.807) is 11.3 Å². The van der Waals surface area contributed by atoms with Gasteiger partial charge in [-0.3, -0.25) is 4.79 Å². The lowest BCUT2D eigenvalue weighted by Gasteiger charge is -2.37. The monoisotopic (exact) mass is 358 g/mol. The van der Waals surface area contributed by atoms with Crippen LogP contribution in [0.4, 0.5) is 0 Å². The number of rotatable bonds is 5. The molecular weight excluding hydrogens is 336 g/mol. The Morgan fingerprint density at radius 3 is 2.75 bits per heavy atom. The van der Waals surface area contributed by atoms with Crippen LogP contribution in [0.1, 0.15) is 37.5 Å². The molecule has 1 amide bonds. The van der Waals surface area contributed by atoms with E-state index < -0.39 is 0 Å². The molecular formula is C15H23BrN2OS. The molecule has 0 radical (unpaired) electrons. The molecule has 112 valence electrons. The fourth-order valence-electron chi connectivity index (χ4n) is 2.81. The molecule has 5 heteroatoms. The van der Waals surface area contributed by atoms with Crippen LogP contribution in [0, 0.1) is 11.3 Å². The van der Waals surface area contributed by atoms with Crippen LogP contribution in [0.5, 0.6) is 0 Å². The standard InChI is InChI=1S/C15H23BrN2OS/c1-11-4-7-15(10-17,8-5-11)14(19)18-9-6-12-2-3-13(16)20-12/h2-3,11H,4-10,17H2,1H3,(H,18,19). The van der Waals surface area contributed by atoms with Crippen LogP contribution in [0.2, 0.25) is 0 Å². The van der Waals surface area contributed by atoms with Crippen molar-refractivity contribution in [3.8, 4) is 0 Å². The first-order chi connectivity index (χ1) is 9.55. The zero-order chi connectivity index (χ0) is 14.6. The van der Waals surface area contributed by atoms with Crippen molar-refractivity contribution >= 4 is 33.2 Å². The lowest BCUT2D eigenvalue weighted by atomic mass is 9.70. The third-order valence-electron chi connectivity index (χ3n) is 4.39. The lowest BCUT2D eigenvalue weighted by Crippen LogP contribution is -2.48. The van der Waals surface area contributed by atoms with E-state index in [9.17, 15) is 4.79 Å². The molecule has 1 heterocycles. The minimum atomic E-state index is -0.317. The average molecular weight is 359 g/mol. The third kappa shape index (κ3) is 3.83. The summed E-state index contributed by atoms with van der Waals surface area (Å²) in [4.78, 5) is 13.7. The number of thiophene rings is 1. The molecule has 0 unspecified atom stereocenters. The van der Waals surface area contributed by atoms with Crippen LogP contribution in [0.25, 0.3) is 0 Å². The van der Waals surface area contributed by atoms with Gasteiger partial charge in [-0.15, -0.1) is 11.3 Å². The molecule has 3 N–H and O–H groups in total. The summed E-state index contributed by atoms with van der Waals surface area (Å²) in [6.45, 7) is 3.42. The number of halogens is 1. The second kappa shape index (κ2) is 7.05. The summed E-state index contributed by atoms with van der Waals surface area (Å²) < 4.78 is 1.14. The van der Waals surface area contributed by atoms with Crippen LogP contribution < -0.4 is 11.1 Å². The Bertz CT molecular complexity index is 452. The number of carbonyl (C=O) groups is 1. The fourth-order valence-corrected chi connectivity index (χ4v) is 4.29. The van der Waals surface area contributed by atoms with Gasteiger partial charge in [0.05, 0.1) is 9.20 Å². The van der Waals surface area contributed by atoms with Gasteiger partial charge in [0, 0.05) is 18.0 Å². The van der Waals surface area contributed by atoms with Gasteiger partial charge in [0.15, 0.2) is 0 Å². The molecule has 0 atom stereocenters. The maximum absolute atomic E-state index is 12.5. The Morgan fingerprint density at radius 2 is 2.20 bits per heavy atom. The maximum Gasteiger partial charge on any atom is 0.227 e. The van der Waals surface area contributed by atoms with Crippen LogP contribution in [-0.4, -0.2) is 19.0 Å². The van der Waals surface area contributed by atoms with E-state index in [1.165, 1.54) is 4.88 Å². The molecule has 0 spiro atoms. The highest BCUT2D eigenvalue weighted by Gasteiger charge is 2.39. The van der Waals surface area contributed by atoms with Crippen molar-refractivity contribution < 1.29 is 4.79 Å². The van der Waals surface area contributed by atoms with Gasteiger partial charge in [-0.05, 0) is 66.1 Å². The second-order valence-electron chi connectivity index (χ2n) is 5.88. The first-order valence-electron chi connectivity index (χ1n) is 7.28. The van der Waals surface area contributed by atoms with Crippen LogP contribution in [0.3, 0.4) is 0 Å². The molecule has 0 aromatic carbocycles. The van der Waals surface area contributed by atoms with E-state index in [4.69, 9.17) is 5.73 Å². The molecule has 1 aliphatic carbocycles. The number of hydrogen-bond donors (Lipinski definition) is 2. The first-order valence-corrected chi connectivity index (χ1v) is 8.89. The summed E-state index contributed by atoms with van der Waals surface area (Å²) in [6.07, 6.45) is 4.98. The minimum Gasteiger partial charge on any atom is -0.355 e. The van der Waals surface area contributed by atoms with Crippen molar-refractivity contribution in [1.82, 2.24) is 5.32 Å². The number of nitrogens with one attached hydrogen (secondary N) is 1. The Kier molecular flexibility index (Phi) is 5.64. The Labute approximate surface area is 133 Å². The molecule has 1 aliphatic rings. The van der Waals surface area contributed by atoms with Crippen molar-refractivity contribution in [3.05, 3.63) is 20.8 Å². The topological polar surface area (TPSA) is 55.1 Å². The Balaban J connectivity index is 1.83. The number of hydrogen-bond acceptors (Lipinski definition) is 3. The summed E-state index contributed by atoms with van der Waals surface area (Å²) in [5.41, 5.74) is 5.59. The minimum absolute atomic E-state index is 0.155. The van der Waals surface area contributed by atoms with Crippen LogP contribution >= 0.6 is 27.3 Å². The van der Waals surface area contributed by atoms with Gasteiger partial charge in [-0.2, -0.15) is 0 Å². The highest BCUT2D eigenvalue weighted by molar-refractivity contribution is 9.11. The highest BCUT2D eigenvalue weighted by Crippen LogP contribution is 2.38. The molecule has 0 bridgehead atoms. The molecule has 2 rings (SSSR count). The summed E-state index contributed by atoms with van der Waals surface area (Å²) in [6, 6.07) is 4.15. The van der Waals surface area contributed by atoms with E-state index in [2.05, 4.69) is 34.2 Å². The second-order valence-corrected chi connectivity index (χ2v) is 8.43. The zero-order valence-corrected chi connectivity index (χ0v) is 14.4. The van der Waals surface area contributed by atoms with E-state index >= 15 is 0 Å². The summed E-state index contributed by atoms with van der Waals surface area (Å²) in [5.74, 6) is 0.883. The quantitative estimate of drug-likeness (QED) is 0.847. The largest absolute Gasteiger partial charge is 0.355 e. The van der Waals surface area contributed by atoms with Gasteiger partial charge < -0.3 is 11.1 Å². The Hall–Kier alpha value is -0.390. The Morgan fingerprint density at radius 1 is 1.50 bits per heavy atom. The van der Waals surface area contributed by atoms with Crippen molar-refractivity contribution in [1.29, 1.82) is 0 Å². The summed E-state index contributed by atoms with van der Waals surface area (Å²) >= 11 is 5.18. The molecule has 1 saturated carbocycles. The molecule has 0 saturated heterocycles. The van der Waals surface area contributed by atoms with Gasteiger partial charge in [0.25, 0.3) is 0 Å². The third-order valence-corrected chi connectivity index (χ3v) is 6.07. The van der Waals surface area contributed by atoms with E-state index in [0.29, 0.717) is 13.1 Å². The predicted octanol–water partition coefficient (Wildman–Crippen LogP) is 3.32. The van der Waals surface area contributed by atoms with Crippen molar-refractivity contribution in [2.45, 2.75) is 39.0 Å². The van der Waals surface area contributed by atoms with E-state index in [1.807, 2.05) is 6.07 Å². The SMILES string of the molecule is CC1CCC(CN)(C(=O)NCCc2ccc(Br)s2)CC1. The average Bonchev–Trinajstić information content (AvgIpc) is 2.85. The molecule has 1 aromatic rings. The summed E-state index contributed by atoms with van der Waals surface area (Å²) in [5, 5.41) is 3.09. The predicted molar refractivity (Wildman–Crippen MR) is 87.9 cm³/mol. The van der Waals surface area contributed by atoms with E-state index in [0.717, 1.165) is 41.8 Å². The van der Waals surface area contributed by atoms with E-state index in [-0.39, 0.29) is 11.3 Å². The van der Waals surface area contributed by atoms with Crippen molar-refractivity contribution in [2.24, 2.45) is 17.1 Å². The fraction of sp³-hybridized carbons (Fsp3) is 0.667. The summed E-state index contributed by atoms with van der Waals surface area (Å²) in [7, 11) is 0. The van der Waals surface area contributed by atoms with Crippen LogP contribution in [0.15, 0.2) is 15.9 Å². The number of amides is 1. The van der Waals surface area contributed by atoms with Gasteiger partial charge >= 0.3 is 0 Å². The normalized spacial score (nSPS) is 26.4. The lowest BCUT2D eigenvalue weighted by molar-refractivity contribution is -0.132. The maximum atomic E-state index is 12.5. The smallest absolute Gasteiger partial charge is 0.227 e. The van der Waals surface area contributed by atoms with Crippen molar-refractivity contribution in [3.63, 3.8) is 0 Å². The van der Waals surface area contributed by atoms with Crippen molar-refractivity contribution in [2.75, 3.05) is 13.1 Å². The van der Waals surface area contributed by atoms with Gasteiger partial charge in [-0.1, -0.05) is 6.92 Å². The number of nitrogens with two attached hydrogens (primary N) is 1. The van der Waals surface area contributed by atoms with Crippen LogP contribution in [-0.2, 0) is 11.2 Å². The molecule has 1 fully saturated rings. The van der Waals surface area contributed by atoms with Gasteiger partial charge in [0.2, 0.25) is 5.91 Å². The molecule has 20 heavy (non-hydrogen) atoms. The number of carbonyl (C=O) groups excluding carboxylic acids is 1. The van der Waals surface area contributed by atoms with Gasteiger partial charge in [0.1, 0.15) is 0 Å². The molecule has 1 aromatic heterocycles. The molecule has 0 aliphatic heterocycles. The highest BCUT2D eigenvalue weighted by atomic mass is 79.9. The zero-order valence-electron chi connectivity index (χ0n) is 12.0. The van der Waals surface area contributed by atoms with Gasteiger partial charge in [-0.25, -0.2) is 0 Å². The first kappa shape index (κ1) is 16.0. The molecule has 3 nitrogen and oxygen atoms in total.